The molecule has 4 nitrogen and oxygen atoms in total. The maximum atomic E-state index is 10.7. The summed E-state index contributed by atoms with van der Waals surface area (Å²) in [6.07, 6.45) is 0. The van der Waals surface area contributed by atoms with Crippen molar-refractivity contribution in [2.75, 3.05) is 5.73 Å². The van der Waals surface area contributed by atoms with Crippen LogP contribution in [0.2, 0.25) is 5.02 Å². The number of fused-ring (bicyclic) bond motifs is 1. The smallest absolute Gasteiger partial charge is 0.352 e. The lowest BCUT2D eigenvalue weighted by Crippen LogP contribution is -1.95. The van der Waals surface area contributed by atoms with Crippen LogP contribution in [0.1, 0.15) is 16.1 Å². The number of hydrogen-bond donors (Lipinski definition) is 3. The molecule has 1 aromatic carbocycles. The van der Waals surface area contributed by atoms with Crippen LogP contribution in [0.5, 0.6) is 0 Å². The average Bonchev–Trinajstić information content (AvgIpc) is 2.58. The largest absolute Gasteiger partial charge is 0.477 e. The van der Waals surface area contributed by atoms with Gasteiger partial charge in [-0.25, -0.2) is 4.79 Å². The number of nitrogens with two attached hydrogens (primary N) is 1. The Bertz CT molecular complexity index is 560. The van der Waals surface area contributed by atoms with E-state index in [1.807, 2.05) is 0 Å². The number of carboxylic acid groups (broad SMARTS) is 1. The zero-order valence-electron chi connectivity index (χ0n) is 7.97. The summed E-state index contributed by atoms with van der Waals surface area (Å²) in [5.41, 5.74) is 7.76. The highest BCUT2D eigenvalue weighted by atomic mass is 35.5. The Hall–Kier alpha value is -1.68. The summed E-state index contributed by atoms with van der Waals surface area (Å²) in [6.45, 7) is 1.79. The Balaban J connectivity index is 2.82. The third-order valence-electron chi connectivity index (χ3n) is 2.37. The minimum absolute atomic E-state index is 0.108. The van der Waals surface area contributed by atoms with Gasteiger partial charge in [-0.1, -0.05) is 11.6 Å². The highest BCUT2D eigenvalue weighted by Gasteiger charge is 2.12. The normalized spacial score (nSPS) is 10.8. The Kier molecular flexibility index (Phi) is 2.08. The minimum atomic E-state index is -1.02. The molecule has 5 heteroatoms. The van der Waals surface area contributed by atoms with Gasteiger partial charge in [-0.2, -0.15) is 0 Å². The molecule has 0 aliphatic heterocycles. The summed E-state index contributed by atoms with van der Waals surface area (Å²) < 4.78 is 0. The number of aromatic nitrogens is 1. The van der Waals surface area contributed by atoms with Crippen molar-refractivity contribution >= 4 is 34.2 Å². The Morgan fingerprint density at radius 1 is 1.53 bits per heavy atom. The molecule has 2 aromatic rings. The standard InChI is InChI=1S/C10H9ClN2O2/c1-4-6(12)2-5-3-7(10(14)15)13-9(5)8(4)11/h2-3,13H,12H2,1H3,(H,14,15). The molecule has 0 radical (unpaired) electrons. The third kappa shape index (κ3) is 1.43. The van der Waals surface area contributed by atoms with Crippen molar-refractivity contribution in [1.29, 1.82) is 0 Å². The van der Waals surface area contributed by atoms with E-state index in [2.05, 4.69) is 4.98 Å². The van der Waals surface area contributed by atoms with E-state index in [0.29, 0.717) is 21.6 Å². The molecule has 78 valence electrons. The van der Waals surface area contributed by atoms with E-state index in [4.69, 9.17) is 22.4 Å². The van der Waals surface area contributed by atoms with Gasteiger partial charge in [0.25, 0.3) is 0 Å². The van der Waals surface area contributed by atoms with Gasteiger partial charge < -0.3 is 15.8 Å². The number of H-pyrrole nitrogens is 1. The third-order valence-corrected chi connectivity index (χ3v) is 2.84. The van der Waals surface area contributed by atoms with E-state index in [1.165, 1.54) is 6.07 Å². The number of carboxylic acids is 1. The summed E-state index contributed by atoms with van der Waals surface area (Å²) >= 11 is 6.05. The number of carbonyl (C=O) groups is 1. The first-order chi connectivity index (χ1) is 7.00. The SMILES string of the molecule is Cc1c(N)cc2cc(C(=O)O)[nH]c2c1Cl. The summed E-state index contributed by atoms with van der Waals surface area (Å²) in [7, 11) is 0. The summed E-state index contributed by atoms with van der Waals surface area (Å²) in [4.78, 5) is 13.5. The fourth-order valence-corrected chi connectivity index (χ4v) is 1.74. The predicted octanol–water partition coefficient (Wildman–Crippen LogP) is 2.41. The molecule has 0 unspecified atom stereocenters. The molecule has 2 rings (SSSR count). The lowest BCUT2D eigenvalue weighted by Gasteiger charge is -2.03. The maximum Gasteiger partial charge on any atom is 0.352 e. The van der Waals surface area contributed by atoms with Crippen molar-refractivity contribution in [2.24, 2.45) is 0 Å². The van der Waals surface area contributed by atoms with Crippen molar-refractivity contribution < 1.29 is 9.90 Å². The minimum Gasteiger partial charge on any atom is -0.477 e. The molecule has 0 atom stereocenters. The van der Waals surface area contributed by atoms with Crippen LogP contribution in [0.4, 0.5) is 5.69 Å². The molecule has 1 heterocycles. The van der Waals surface area contributed by atoms with Gasteiger partial charge in [-0.05, 0) is 24.6 Å². The number of halogens is 1. The topological polar surface area (TPSA) is 79.1 Å². The molecule has 0 bridgehead atoms. The Labute approximate surface area is 90.7 Å². The fraction of sp³-hybridized carbons (Fsp3) is 0.100. The second-order valence-electron chi connectivity index (χ2n) is 3.36. The quantitative estimate of drug-likeness (QED) is 0.651. The van der Waals surface area contributed by atoms with Crippen LogP contribution in [-0.2, 0) is 0 Å². The van der Waals surface area contributed by atoms with Gasteiger partial charge >= 0.3 is 5.97 Å². The molecule has 4 N–H and O–H groups in total. The molecule has 0 fully saturated rings. The van der Waals surface area contributed by atoms with Gasteiger partial charge in [0.15, 0.2) is 0 Å². The van der Waals surface area contributed by atoms with Gasteiger partial charge in [-0.3, -0.25) is 0 Å². The number of nitrogen functional groups attached to an aromatic ring is 1. The summed E-state index contributed by atoms with van der Waals surface area (Å²) in [6, 6.07) is 3.22. The van der Waals surface area contributed by atoms with Crippen LogP contribution in [0.25, 0.3) is 10.9 Å². The van der Waals surface area contributed by atoms with E-state index in [1.54, 1.807) is 13.0 Å². The molecule has 0 amide bonds. The summed E-state index contributed by atoms with van der Waals surface area (Å²) in [5.74, 6) is -1.02. The summed E-state index contributed by atoms with van der Waals surface area (Å²) in [5, 5.41) is 9.99. The van der Waals surface area contributed by atoms with E-state index >= 15 is 0 Å². The Morgan fingerprint density at radius 2 is 2.20 bits per heavy atom. The lowest BCUT2D eigenvalue weighted by molar-refractivity contribution is 0.0691. The lowest BCUT2D eigenvalue weighted by atomic mass is 10.1. The van der Waals surface area contributed by atoms with E-state index in [-0.39, 0.29) is 5.69 Å². The van der Waals surface area contributed by atoms with Crippen molar-refractivity contribution in [1.82, 2.24) is 4.98 Å². The average molecular weight is 225 g/mol. The predicted molar refractivity (Wildman–Crippen MR) is 59.4 cm³/mol. The van der Waals surface area contributed by atoms with Gasteiger partial charge in [0, 0.05) is 11.1 Å². The monoisotopic (exact) mass is 224 g/mol. The first-order valence-electron chi connectivity index (χ1n) is 4.31. The fourth-order valence-electron chi connectivity index (χ4n) is 1.47. The van der Waals surface area contributed by atoms with E-state index in [9.17, 15) is 4.79 Å². The first-order valence-corrected chi connectivity index (χ1v) is 4.69. The van der Waals surface area contributed by atoms with Crippen LogP contribution in [0.3, 0.4) is 0 Å². The van der Waals surface area contributed by atoms with Crippen LogP contribution < -0.4 is 5.73 Å². The maximum absolute atomic E-state index is 10.7. The molecule has 0 saturated carbocycles. The number of aromatic amines is 1. The number of aromatic carboxylic acids is 1. The van der Waals surface area contributed by atoms with Gasteiger partial charge in [0.05, 0.1) is 10.5 Å². The van der Waals surface area contributed by atoms with Gasteiger partial charge in [-0.15, -0.1) is 0 Å². The first kappa shape index (κ1) is 9.86. The zero-order valence-corrected chi connectivity index (χ0v) is 8.72. The molecular formula is C10H9ClN2O2. The highest BCUT2D eigenvalue weighted by molar-refractivity contribution is 6.36. The second-order valence-corrected chi connectivity index (χ2v) is 3.74. The highest BCUT2D eigenvalue weighted by Crippen LogP contribution is 2.31. The van der Waals surface area contributed by atoms with Crippen LogP contribution in [0, 0.1) is 6.92 Å². The molecule has 0 aliphatic carbocycles. The van der Waals surface area contributed by atoms with Gasteiger partial charge in [0.1, 0.15) is 5.69 Å². The van der Waals surface area contributed by atoms with E-state index < -0.39 is 5.97 Å². The van der Waals surface area contributed by atoms with Crippen molar-refractivity contribution in [3.05, 3.63) is 28.4 Å². The number of hydrogen-bond acceptors (Lipinski definition) is 2. The second kappa shape index (κ2) is 3.17. The molecule has 1 aromatic heterocycles. The number of nitrogens with one attached hydrogen (secondary N) is 1. The van der Waals surface area contributed by atoms with Crippen LogP contribution >= 0.6 is 11.6 Å². The Morgan fingerprint density at radius 3 is 2.80 bits per heavy atom. The molecular weight excluding hydrogens is 216 g/mol. The van der Waals surface area contributed by atoms with Gasteiger partial charge in [0.2, 0.25) is 0 Å². The van der Waals surface area contributed by atoms with Crippen LogP contribution in [0.15, 0.2) is 12.1 Å². The van der Waals surface area contributed by atoms with Crippen molar-refractivity contribution in [3.63, 3.8) is 0 Å². The molecule has 0 saturated heterocycles. The number of anilines is 1. The molecule has 0 spiro atoms. The number of rotatable bonds is 1. The molecule has 0 aliphatic rings. The van der Waals surface area contributed by atoms with Crippen molar-refractivity contribution in [2.45, 2.75) is 6.92 Å². The van der Waals surface area contributed by atoms with E-state index in [0.717, 1.165) is 5.56 Å². The number of benzene rings is 1. The van der Waals surface area contributed by atoms with Crippen LogP contribution in [-0.4, -0.2) is 16.1 Å². The zero-order chi connectivity index (χ0) is 11.2. The van der Waals surface area contributed by atoms with Crippen molar-refractivity contribution in [3.8, 4) is 0 Å². The molecule has 15 heavy (non-hydrogen) atoms.